The first-order chi connectivity index (χ1) is 9.58. The molecule has 1 saturated heterocycles. The van der Waals surface area contributed by atoms with E-state index in [0.29, 0.717) is 6.04 Å². The molecule has 3 nitrogen and oxygen atoms in total. The predicted molar refractivity (Wildman–Crippen MR) is 83.8 cm³/mol. The molecule has 3 rings (SSSR count). The summed E-state index contributed by atoms with van der Waals surface area (Å²) in [7, 11) is 2.25. The van der Waals surface area contributed by atoms with Crippen molar-refractivity contribution in [1.82, 2.24) is 15.1 Å². The van der Waals surface area contributed by atoms with Gasteiger partial charge in [0.25, 0.3) is 0 Å². The van der Waals surface area contributed by atoms with Crippen LogP contribution >= 0.6 is 0 Å². The van der Waals surface area contributed by atoms with Gasteiger partial charge in [-0.25, -0.2) is 0 Å². The maximum absolute atomic E-state index is 3.56. The second-order valence-electron chi connectivity index (χ2n) is 6.88. The maximum Gasteiger partial charge on any atom is 0.0364 e. The third-order valence-corrected chi connectivity index (χ3v) is 5.11. The molecule has 2 aliphatic rings. The van der Waals surface area contributed by atoms with Crippen LogP contribution in [0.5, 0.6) is 0 Å². The molecule has 1 aromatic rings. The maximum atomic E-state index is 3.56. The van der Waals surface area contributed by atoms with E-state index in [1.165, 1.54) is 30.6 Å². The van der Waals surface area contributed by atoms with E-state index in [2.05, 4.69) is 60.3 Å². The lowest BCUT2D eigenvalue weighted by molar-refractivity contribution is 0.0146. The second kappa shape index (κ2) is 5.47. The molecule has 1 aromatic carbocycles. The number of likely N-dealkylation sites (N-methyl/N-ethyl adjacent to an activating group) is 1. The van der Waals surface area contributed by atoms with E-state index < -0.39 is 0 Å². The van der Waals surface area contributed by atoms with E-state index in [1.807, 2.05) is 0 Å². The first-order valence-electron chi connectivity index (χ1n) is 7.82. The van der Waals surface area contributed by atoms with Crippen LogP contribution in [0.1, 0.15) is 37.4 Å². The van der Waals surface area contributed by atoms with Crippen LogP contribution in [0, 0.1) is 0 Å². The summed E-state index contributed by atoms with van der Waals surface area (Å²) in [6, 6.07) is 9.55. The van der Waals surface area contributed by atoms with Crippen molar-refractivity contribution in [3.05, 3.63) is 35.4 Å². The lowest BCUT2D eigenvalue weighted by Crippen LogP contribution is -2.58. The average Bonchev–Trinajstić information content (AvgIpc) is 2.64. The Morgan fingerprint density at radius 3 is 2.80 bits per heavy atom. The lowest BCUT2D eigenvalue weighted by Gasteiger charge is -2.48. The van der Waals surface area contributed by atoms with E-state index in [0.717, 1.165) is 19.6 Å². The minimum absolute atomic E-state index is 0.271. The minimum atomic E-state index is 0.271. The van der Waals surface area contributed by atoms with Gasteiger partial charge in [0, 0.05) is 37.8 Å². The number of rotatable bonds is 1. The van der Waals surface area contributed by atoms with Crippen molar-refractivity contribution in [3.8, 4) is 0 Å². The summed E-state index contributed by atoms with van der Waals surface area (Å²) in [5.74, 6) is 0. The van der Waals surface area contributed by atoms with Crippen LogP contribution in [0.25, 0.3) is 0 Å². The van der Waals surface area contributed by atoms with Crippen LogP contribution in [-0.2, 0) is 6.54 Å². The van der Waals surface area contributed by atoms with Gasteiger partial charge >= 0.3 is 0 Å². The summed E-state index contributed by atoms with van der Waals surface area (Å²) in [6.07, 6.45) is 1.22. The predicted octanol–water partition coefficient (Wildman–Crippen LogP) is 2.25. The highest BCUT2D eigenvalue weighted by Crippen LogP contribution is 2.32. The summed E-state index contributed by atoms with van der Waals surface area (Å²) in [5.41, 5.74) is 3.29. The highest BCUT2D eigenvalue weighted by molar-refractivity contribution is 5.31. The zero-order valence-electron chi connectivity index (χ0n) is 13.0. The Morgan fingerprint density at radius 1 is 1.20 bits per heavy atom. The number of fused-ring (bicyclic) bond motifs is 1. The van der Waals surface area contributed by atoms with Crippen LogP contribution in [0.2, 0.25) is 0 Å². The Hall–Kier alpha value is -0.900. The van der Waals surface area contributed by atoms with Crippen LogP contribution in [0.15, 0.2) is 24.3 Å². The Bertz CT molecular complexity index is 469. The zero-order chi connectivity index (χ0) is 14.2. The zero-order valence-corrected chi connectivity index (χ0v) is 13.0. The molecule has 1 fully saturated rings. The van der Waals surface area contributed by atoms with Crippen molar-refractivity contribution in [2.24, 2.45) is 0 Å². The molecular weight excluding hydrogens is 246 g/mol. The molecule has 0 aromatic heterocycles. The summed E-state index contributed by atoms with van der Waals surface area (Å²) in [4.78, 5) is 5.19. The fourth-order valence-corrected chi connectivity index (χ4v) is 3.56. The minimum Gasteiger partial charge on any atom is -0.313 e. The van der Waals surface area contributed by atoms with Gasteiger partial charge in [-0.1, -0.05) is 24.3 Å². The number of nitrogens with one attached hydrogen (secondary N) is 1. The highest BCUT2D eigenvalue weighted by Gasteiger charge is 2.35. The molecule has 1 atom stereocenters. The molecule has 0 bridgehead atoms. The van der Waals surface area contributed by atoms with Crippen molar-refractivity contribution < 1.29 is 0 Å². The third-order valence-electron chi connectivity index (χ3n) is 5.11. The third kappa shape index (κ3) is 2.62. The molecule has 1 unspecified atom stereocenters. The van der Waals surface area contributed by atoms with Gasteiger partial charge in [0.2, 0.25) is 0 Å². The molecule has 1 N–H and O–H groups in total. The van der Waals surface area contributed by atoms with Gasteiger partial charge in [0.1, 0.15) is 0 Å². The first-order valence-corrected chi connectivity index (χ1v) is 7.82. The van der Waals surface area contributed by atoms with Crippen molar-refractivity contribution in [3.63, 3.8) is 0 Å². The van der Waals surface area contributed by atoms with Crippen LogP contribution in [-0.4, -0.2) is 48.6 Å². The smallest absolute Gasteiger partial charge is 0.0364 e. The fourth-order valence-electron chi connectivity index (χ4n) is 3.56. The monoisotopic (exact) mass is 273 g/mol. The molecule has 0 amide bonds. The van der Waals surface area contributed by atoms with Crippen molar-refractivity contribution in [2.75, 3.05) is 33.2 Å². The van der Waals surface area contributed by atoms with E-state index in [4.69, 9.17) is 0 Å². The quantitative estimate of drug-likeness (QED) is 0.846. The number of piperazine rings is 1. The summed E-state index contributed by atoms with van der Waals surface area (Å²) in [6.45, 7) is 10.4. The first kappa shape index (κ1) is 14.1. The molecule has 2 aliphatic heterocycles. The number of hydrogen-bond donors (Lipinski definition) is 1. The average molecular weight is 273 g/mol. The van der Waals surface area contributed by atoms with Crippen LogP contribution < -0.4 is 5.32 Å². The molecule has 0 radical (unpaired) electrons. The number of hydrogen-bond acceptors (Lipinski definition) is 3. The van der Waals surface area contributed by atoms with Gasteiger partial charge < -0.3 is 5.32 Å². The largest absolute Gasteiger partial charge is 0.313 e. The van der Waals surface area contributed by atoms with Crippen LogP contribution in [0.4, 0.5) is 0 Å². The molecule has 110 valence electrons. The Morgan fingerprint density at radius 2 is 2.00 bits per heavy atom. The molecule has 0 aliphatic carbocycles. The fraction of sp³-hybridized carbons (Fsp3) is 0.647. The van der Waals surface area contributed by atoms with Gasteiger partial charge in [-0.2, -0.15) is 0 Å². The molecule has 0 saturated carbocycles. The molecular formula is C17H27N3. The molecule has 0 spiro atoms. The standard InChI is InChI=1S/C17H27N3/c1-17(2)13-20(11-10-19(17)3)16-8-9-18-12-14-6-4-5-7-15(14)16/h4-7,16,18H,8-13H2,1-3H3. The summed E-state index contributed by atoms with van der Waals surface area (Å²) in [5, 5.41) is 3.56. The topological polar surface area (TPSA) is 18.5 Å². The summed E-state index contributed by atoms with van der Waals surface area (Å²) >= 11 is 0. The van der Waals surface area contributed by atoms with Crippen molar-refractivity contribution in [1.29, 1.82) is 0 Å². The Labute approximate surface area is 123 Å². The summed E-state index contributed by atoms with van der Waals surface area (Å²) < 4.78 is 0. The van der Waals surface area contributed by atoms with E-state index >= 15 is 0 Å². The van der Waals surface area contributed by atoms with Crippen molar-refractivity contribution >= 4 is 0 Å². The molecule has 2 heterocycles. The van der Waals surface area contributed by atoms with E-state index in [9.17, 15) is 0 Å². The van der Waals surface area contributed by atoms with E-state index in [-0.39, 0.29) is 5.54 Å². The Balaban J connectivity index is 1.87. The lowest BCUT2D eigenvalue weighted by atomic mass is 9.93. The SMILES string of the molecule is CN1CCN(C2CCNCc3ccccc32)CC1(C)C. The number of nitrogens with zero attached hydrogens (tertiary/aromatic N) is 2. The number of benzene rings is 1. The van der Waals surface area contributed by atoms with E-state index in [1.54, 1.807) is 0 Å². The normalized spacial score (nSPS) is 27.9. The van der Waals surface area contributed by atoms with Gasteiger partial charge in [0.15, 0.2) is 0 Å². The highest BCUT2D eigenvalue weighted by atomic mass is 15.3. The van der Waals surface area contributed by atoms with Gasteiger partial charge in [-0.05, 0) is 45.0 Å². The second-order valence-corrected chi connectivity index (χ2v) is 6.88. The Kier molecular flexibility index (Phi) is 3.85. The van der Waals surface area contributed by atoms with Crippen molar-refractivity contribution in [2.45, 2.75) is 38.4 Å². The molecule has 3 heteroatoms. The van der Waals surface area contributed by atoms with Gasteiger partial charge in [0.05, 0.1) is 0 Å². The molecule has 20 heavy (non-hydrogen) atoms. The van der Waals surface area contributed by atoms with Crippen LogP contribution in [0.3, 0.4) is 0 Å². The van der Waals surface area contributed by atoms with Gasteiger partial charge in [-0.15, -0.1) is 0 Å². The van der Waals surface area contributed by atoms with Gasteiger partial charge in [-0.3, -0.25) is 9.80 Å².